The predicted molar refractivity (Wildman–Crippen MR) is 120 cm³/mol. The molecule has 2 aromatic heterocycles. The number of oxazole rings is 1. The Balaban J connectivity index is 1.44. The largest absolute Gasteiger partial charge is 0.445 e. The molecule has 5 rings (SSSR count). The first-order valence-electron chi connectivity index (χ1n) is 10.4. The number of aromatic nitrogens is 2. The van der Waals surface area contributed by atoms with Crippen molar-refractivity contribution in [2.45, 2.75) is 13.0 Å². The van der Waals surface area contributed by atoms with Gasteiger partial charge in [-0.2, -0.15) is 0 Å². The minimum Gasteiger partial charge on any atom is -0.445 e. The molecule has 32 heavy (non-hydrogen) atoms. The Morgan fingerprint density at radius 3 is 2.72 bits per heavy atom. The molecule has 1 aliphatic heterocycles. The first-order chi connectivity index (χ1) is 15.5. The van der Waals surface area contributed by atoms with Gasteiger partial charge in [0, 0.05) is 50.1 Å². The van der Waals surface area contributed by atoms with Crippen molar-refractivity contribution < 1.29 is 14.0 Å². The van der Waals surface area contributed by atoms with Crippen LogP contribution < -0.4 is 0 Å². The molecule has 0 radical (unpaired) electrons. The zero-order chi connectivity index (χ0) is 22.2. The number of pyridine rings is 1. The molecule has 0 atom stereocenters. The molecule has 0 saturated carbocycles. The van der Waals surface area contributed by atoms with E-state index in [1.54, 1.807) is 30.1 Å². The monoisotopic (exact) mass is 426 g/mol. The molecule has 0 fully saturated rings. The highest BCUT2D eigenvalue weighted by atomic mass is 16.3. The summed E-state index contributed by atoms with van der Waals surface area (Å²) in [6.07, 6.45) is 3.60. The average molecular weight is 426 g/mol. The zero-order valence-electron chi connectivity index (χ0n) is 17.9. The molecule has 7 nitrogen and oxygen atoms in total. The van der Waals surface area contributed by atoms with Gasteiger partial charge in [-0.3, -0.25) is 14.6 Å². The molecular weight excluding hydrogens is 404 g/mol. The van der Waals surface area contributed by atoms with Crippen molar-refractivity contribution in [1.29, 1.82) is 0 Å². The van der Waals surface area contributed by atoms with Crippen LogP contribution in [0.2, 0.25) is 0 Å². The predicted octanol–water partition coefficient (Wildman–Crippen LogP) is 3.79. The van der Waals surface area contributed by atoms with Crippen LogP contribution in [0.1, 0.15) is 32.0 Å². The van der Waals surface area contributed by atoms with Crippen molar-refractivity contribution in [3.8, 4) is 11.5 Å². The fourth-order valence-corrected chi connectivity index (χ4v) is 4.14. The molecule has 1 aliphatic rings. The number of hydrogen-bond acceptors (Lipinski definition) is 5. The van der Waals surface area contributed by atoms with Crippen molar-refractivity contribution in [3.05, 3.63) is 83.4 Å². The maximum Gasteiger partial charge on any atom is 0.255 e. The van der Waals surface area contributed by atoms with Gasteiger partial charge in [-0.05, 0) is 29.8 Å². The maximum atomic E-state index is 13.1. The summed E-state index contributed by atoms with van der Waals surface area (Å²) in [4.78, 5) is 38.2. The molecule has 0 aliphatic carbocycles. The minimum absolute atomic E-state index is 0.0327. The zero-order valence-corrected chi connectivity index (χ0v) is 17.9. The highest BCUT2D eigenvalue weighted by molar-refractivity contribution is 6.00. The van der Waals surface area contributed by atoms with Crippen LogP contribution in [-0.2, 0) is 13.0 Å². The number of benzene rings is 2. The Labute approximate surface area is 185 Å². The number of fused-ring (bicyclic) bond motifs is 2. The van der Waals surface area contributed by atoms with Crippen LogP contribution in [0.25, 0.3) is 22.4 Å². The van der Waals surface area contributed by atoms with Gasteiger partial charge in [0.2, 0.25) is 5.89 Å². The van der Waals surface area contributed by atoms with E-state index in [1.165, 1.54) is 6.26 Å². The SMILES string of the molecule is CN(C)C(=O)c1cc2ccccc2nc1CCN1Cc2c(cccc2-c2ncco2)C1=O. The molecule has 4 aromatic rings. The van der Waals surface area contributed by atoms with E-state index in [0.29, 0.717) is 42.2 Å². The Bertz CT molecular complexity index is 1330. The van der Waals surface area contributed by atoms with Crippen molar-refractivity contribution in [1.82, 2.24) is 19.8 Å². The summed E-state index contributed by atoms with van der Waals surface area (Å²) in [5.74, 6) is 0.377. The van der Waals surface area contributed by atoms with E-state index < -0.39 is 0 Å². The molecular formula is C25H22N4O3. The molecule has 2 amide bonds. The second kappa shape index (κ2) is 7.92. The molecule has 2 aromatic carbocycles. The van der Waals surface area contributed by atoms with E-state index in [9.17, 15) is 9.59 Å². The van der Waals surface area contributed by atoms with Gasteiger partial charge in [0.25, 0.3) is 11.8 Å². The van der Waals surface area contributed by atoms with Gasteiger partial charge in [-0.15, -0.1) is 0 Å². The highest BCUT2D eigenvalue weighted by Gasteiger charge is 2.30. The maximum absolute atomic E-state index is 13.1. The summed E-state index contributed by atoms with van der Waals surface area (Å²) in [7, 11) is 3.46. The van der Waals surface area contributed by atoms with Crippen molar-refractivity contribution in [2.24, 2.45) is 0 Å². The fourth-order valence-electron chi connectivity index (χ4n) is 4.14. The third kappa shape index (κ3) is 3.41. The summed E-state index contributed by atoms with van der Waals surface area (Å²) < 4.78 is 5.46. The second-order valence-electron chi connectivity index (χ2n) is 8.02. The van der Waals surface area contributed by atoms with Crippen molar-refractivity contribution >= 4 is 22.7 Å². The molecule has 0 spiro atoms. The lowest BCUT2D eigenvalue weighted by atomic mass is 10.0. The smallest absolute Gasteiger partial charge is 0.255 e. The minimum atomic E-state index is -0.0968. The van der Waals surface area contributed by atoms with E-state index in [4.69, 9.17) is 9.40 Å². The average Bonchev–Trinajstić information content (AvgIpc) is 3.45. The Morgan fingerprint density at radius 1 is 1.12 bits per heavy atom. The summed E-state index contributed by atoms with van der Waals surface area (Å²) in [6, 6.07) is 15.2. The van der Waals surface area contributed by atoms with Crippen LogP contribution in [0.5, 0.6) is 0 Å². The Kier molecular flexibility index (Phi) is 4.93. The number of carbonyl (C=O) groups is 2. The van der Waals surface area contributed by atoms with Crippen LogP contribution in [0.15, 0.2) is 65.4 Å². The van der Waals surface area contributed by atoms with Crippen molar-refractivity contribution in [2.75, 3.05) is 20.6 Å². The highest BCUT2D eigenvalue weighted by Crippen LogP contribution is 2.32. The van der Waals surface area contributed by atoms with Crippen LogP contribution >= 0.6 is 0 Å². The lowest BCUT2D eigenvalue weighted by Gasteiger charge is -2.18. The van der Waals surface area contributed by atoms with Gasteiger partial charge in [-0.25, -0.2) is 4.98 Å². The number of carbonyl (C=O) groups excluding carboxylic acids is 2. The molecule has 0 unspecified atom stereocenters. The summed E-state index contributed by atoms with van der Waals surface area (Å²) >= 11 is 0. The van der Waals surface area contributed by atoms with E-state index in [-0.39, 0.29) is 11.8 Å². The molecule has 0 saturated heterocycles. The summed E-state index contributed by atoms with van der Waals surface area (Å²) in [5.41, 5.74) is 4.50. The number of para-hydroxylation sites is 1. The summed E-state index contributed by atoms with van der Waals surface area (Å²) in [5, 5.41) is 0.918. The number of amides is 2. The lowest BCUT2D eigenvalue weighted by Crippen LogP contribution is -2.28. The van der Waals surface area contributed by atoms with E-state index >= 15 is 0 Å². The third-order valence-corrected chi connectivity index (χ3v) is 5.76. The van der Waals surface area contributed by atoms with Crippen LogP contribution in [0.4, 0.5) is 0 Å². The quantitative estimate of drug-likeness (QED) is 0.485. The van der Waals surface area contributed by atoms with Crippen molar-refractivity contribution in [3.63, 3.8) is 0 Å². The van der Waals surface area contributed by atoms with Crippen LogP contribution in [-0.4, -0.2) is 52.2 Å². The van der Waals surface area contributed by atoms with Gasteiger partial charge in [0.1, 0.15) is 6.26 Å². The first kappa shape index (κ1) is 19.9. The standard InChI is InChI=1S/C25H22N4O3/c1-28(2)24(30)19-14-16-6-3-4-9-21(16)27-22(19)10-12-29-15-20-17(23-26-11-13-32-23)7-5-8-18(20)25(29)31/h3-9,11,13-14H,10,12,15H2,1-2H3. The van der Waals surface area contributed by atoms with Gasteiger partial charge in [0.05, 0.1) is 23.0 Å². The summed E-state index contributed by atoms with van der Waals surface area (Å²) in [6.45, 7) is 0.925. The van der Waals surface area contributed by atoms with E-state index in [2.05, 4.69) is 4.98 Å². The molecule has 0 N–H and O–H groups in total. The Hall–Kier alpha value is -4.00. The van der Waals surface area contributed by atoms with Gasteiger partial charge in [0.15, 0.2) is 0 Å². The topological polar surface area (TPSA) is 79.5 Å². The van der Waals surface area contributed by atoms with Gasteiger partial charge in [-0.1, -0.05) is 24.3 Å². The molecule has 7 heteroatoms. The number of nitrogens with zero attached hydrogens (tertiary/aromatic N) is 4. The fraction of sp³-hybridized carbons (Fsp3) is 0.200. The second-order valence-corrected chi connectivity index (χ2v) is 8.02. The molecule has 3 heterocycles. The van der Waals surface area contributed by atoms with Crippen LogP contribution in [0.3, 0.4) is 0 Å². The Morgan fingerprint density at radius 2 is 1.94 bits per heavy atom. The van der Waals surface area contributed by atoms with E-state index in [0.717, 1.165) is 22.0 Å². The van der Waals surface area contributed by atoms with Crippen LogP contribution in [0, 0.1) is 0 Å². The van der Waals surface area contributed by atoms with Gasteiger partial charge >= 0.3 is 0 Å². The lowest BCUT2D eigenvalue weighted by molar-refractivity contribution is 0.0780. The molecule has 0 bridgehead atoms. The number of hydrogen-bond donors (Lipinski definition) is 0. The van der Waals surface area contributed by atoms with Gasteiger partial charge < -0.3 is 14.2 Å². The number of rotatable bonds is 5. The van der Waals surface area contributed by atoms with E-state index in [1.807, 2.05) is 48.5 Å². The molecule has 160 valence electrons. The first-order valence-corrected chi connectivity index (χ1v) is 10.4. The normalized spacial score (nSPS) is 12.9. The third-order valence-electron chi connectivity index (χ3n) is 5.76.